The van der Waals surface area contributed by atoms with E-state index in [-0.39, 0.29) is 19.2 Å². The molecule has 0 aliphatic heterocycles. The smallest absolute Gasteiger partial charge is 0.384 e. The van der Waals surface area contributed by atoms with Crippen molar-refractivity contribution in [3.05, 3.63) is 77.9 Å². The standard InChI is InChI=1S/C25H22O5/c1-18(20-9-10-22-17-23(28-2)12-11-21(22)16-20)25(27)30-15-14-29-24(26)13-8-19-6-4-3-5-7-19/h3-7,9-12,16-18H,14-15H2,1-2H3/t18-/m0/s1. The molecule has 0 saturated heterocycles. The Hall–Kier alpha value is -3.78. The zero-order valence-electron chi connectivity index (χ0n) is 16.9. The number of carbonyl (C=O) groups is 2. The van der Waals surface area contributed by atoms with Gasteiger partial charge in [-0.05, 0) is 47.5 Å². The van der Waals surface area contributed by atoms with Crippen LogP contribution in [0.25, 0.3) is 10.8 Å². The number of methoxy groups -OCH3 is 1. The van der Waals surface area contributed by atoms with Gasteiger partial charge in [-0.2, -0.15) is 0 Å². The highest BCUT2D eigenvalue weighted by atomic mass is 16.6. The minimum atomic E-state index is -0.659. The topological polar surface area (TPSA) is 61.8 Å². The summed E-state index contributed by atoms with van der Waals surface area (Å²) in [4.78, 5) is 24.0. The normalized spacial score (nSPS) is 11.1. The van der Waals surface area contributed by atoms with E-state index >= 15 is 0 Å². The van der Waals surface area contributed by atoms with Crippen molar-refractivity contribution in [3.8, 4) is 17.6 Å². The van der Waals surface area contributed by atoms with E-state index in [9.17, 15) is 9.59 Å². The second kappa shape index (κ2) is 10.1. The Kier molecular flexibility index (Phi) is 7.07. The lowest BCUT2D eigenvalue weighted by atomic mass is 9.98. The molecule has 0 N–H and O–H groups in total. The number of carbonyl (C=O) groups excluding carboxylic acids is 2. The molecule has 1 atom stereocenters. The third kappa shape index (κ3) is 5.62. The molecule has 152 valence electrons. The van der Waals surface area contributed by atoms with Crippen LogP contribution in [-0.4, -0.2) is 32.3 Å². The monoisotopic (exact) mass is 402 g/mol. The minimum absolute atomic E-state index is 0.0211. The molecule has 0 aliphatic rings. The first-order chi connectivity index (χ1) is 14.6. The first kappa shape index (κ1) is 20.9. The first-order valence-electron chi connectivity index (χ1n) is 9.55. The lowest BCUT2D eigenvalue weighted by Gasteiger charge is -2.13. The largest absolute Gasteiger partial charge is 0.497 e. The van der Waals surface area contributed by atoms with Crippen LogP contribution in [0.4, 0.5) is 0 Å². The van der Waals surface area contributed by atoms with Gasteiger partial charge in [0, 0.05) is 11.5 Å². The van der Waals surface area contributed by atoms with Crippen molar-refractivity contribution in [2.75, 3.05) is 20.3 Å². The average molecular weight is 402 g/mol. The summed E-state index contributed by atoms with van der Waals surface area (Å²) < 4.78 is 15.4. The third-order valence-corrected chi connectivity index (χ3v) is 4.57. The van der Waals surface area contributed by atoms with Crippen molar-refractivity contribution < 1.29 is 23.8 Å². The molecule has 5 nitrogen and oxygen atoms in total. The molecule has 3 aromatic carbocycles. The Morgan fingerprint density at radius 3 is 2.37 bits per heavy atom. The molecule has 30 heavy (non-hydrogen) atoms. The van der Waals surface area contributed by atoms with Gasteiger partial charge in [0.05, 0.1) is 13.0 Å². The molecule has 0 heterocycles. The predicted octanol–water partition coefficient (Wildman–Crippen LogP) is 4.09. The molecule has 0 aliphatic carbocycles. The molecule has 0 spiro atoms. The van der Waals surface area contributed by atoms with Crippen LogP contribution in [-0.2, 0) is 19.1 Å². The van der Waals surface area contributed by atoms with Crippen molar-refractivity contribution in [1.82, 2.24) is 0 Å². The number of rotatable bonds is 6. The van der Waals surface area contributed by atoms with Gasteiger partial charge in [-0.15, -0.1) is 0 Å². The van der Waals surface area contributed by atoms with Crippen LogP contribution in [0.2, 0.25) is 0 Å². The third-order valence-electron chi connectivity index (χ3n) is 4.57. The van der Waals surface area contributed by atoms with E-state index in [1.165, 1.54) is 0 Å². The van der Waals surface area contributed by atoms with E-state index in [2.05, 4.69) is 11.8 Å². The zero-order valence-corrected chi connectivity index (χ0v) is 16.9. The van der Waals surface area contributed by atoms with Gasteiger partial charge in [0.25, 0.3) is 0 Å². The Labute approximate surface area is 175 Å². The van der Waals surface area contributed by atoms with E-state index in [0.717, 1.165) is 27.6 Å². The molecule has 0 saturated carbocycles. The van der Waals surface area contributed by atoms with Crippen molar-refractivity contribution in [2.45, 2.75) is 12.8 Å². The highest BCUT2D eigenvalue weighted by Crippen LogP contribution is 2.25. The highest BCUT2D eigenvalue weighted by Gasteiger charge is 2.17. The van der Waals surface area contributed by atoms with Gasteiger partial charge in [-0.1, -0.05) is 48.4 Å². The second-order valence-electron chi connectivity index (χ2n) is 6.61. The van der Waals surface area contributed by atoms with Crippen molar-refractivity contribution >= 4 is 22.7 Å². The van der Waals surface area contributed by atoms with Crippen LogP contribution in [0.15, 0.2) is 66.7 Å². The molecule has 0 radical (unpaired) electrons. The summed E-state index contributed by atoms with van der Waals surface area (Å²) in [5.41, 5.74) is 1.58. The Bertz CT molecular complexity index is 1090. The summed E-state index contributed by atoms with van der Waals surface area (Å²) in [6, 6.07) is 20.7. The summed E-state index contributed by atoms with van der Waals surface area (Å²) in [5.74, 6) is 4.42. The fourth-order valence-corrected chi connectivity index (χ4v) is 2.86. The van der Waals surface area contributed by atoms with Crippen LogP contribution in [0.3, 0.4) is 0 Å². The number of hydrogen-bond donors (Lipinski definition) is 0. The van der Waals surface area contributed by atoms with Crippen molar-refractivity contribution in [2.24, 2.45) is 0 Å². The molecule has 5 heteroatoms. The van der Waals surface area contributed by atoms with Crippen LogP contribution < -0.4 is 4.74 Å². The van der Waals surface area contributed by atoms with E-state index in [1.54, 1.807) is 26.2 Å². The quantitative estimate of drug-likeness (QED) is 0.353. The summed E-state index contributed by atoms with van der Waals surface area (Å²) in [6.07, 6.45) is 0. The van der Waals surface area contributed by atoms with Crippen LogP contribution >= 0.6 is 0 Å². The minimum Gasteiger partial charge on any atom is -0.497 e. The maximum absolute atomic E-state index is 12.3. The van der Waals surface area contributed by atoms with Crippen LogP contribution in [0.5, 0.6) is 5.75 Å². The maximum Gasteiger partial charge on any atom is 0.384 e. The average Bonchev–Trinajstić information content (AvgIpc) is 2.79. The molecular weight excluding hydrogens is 380 g/mol. The number of hydrogen-bond acceptors (Lipinski definition) is 5. The van der Waals surface area contributed by atoms with Gasteiger partial charge in [0.1, 0.15) is 19.0 Å². The van der Waals surface area contributed by atoms with Crippen molar-refractivity contribution in [3.63, 3.8) is 0 Å². The second-order valence-corrected chi connectivity index (χ2v) is 6.61. The van der Waals surface area contributed by atoms with Gasteiger partial charge >= 0.3 is 11.9 Å². The van der Waals surface area contributed by atoms with Gasteiger partial charge in [0.2, 0.25) is 0 Å². The lowest BCUT2D eigenvalue weighted by molar-refractivity contribution is -0.150. The number of esters is 2. The van der Waals surface area contributed by atoms with Crippen LogP contribution in [0.1, 0.15) is 24.0 Å². The molecule has 0 bridgehead atoms. The summed E-state index contributed by atoms with van der Waals surface area (Å²) in [6.45, 7) is 1.72. The first-order valence-corrected chi connectivity index (χ1v) is 9.55. The molecule has 3 aromatic rings. The Morgan fingerprint density at radius 2 is 1.60 bits per heavy atom. The van der Waals surface area contributed by atoms with E-state index < -0.39 is 11.9 Å². The molecule has 0 fully saturated rings. The summed E-state index contributed by atoms with van der Waals surface area (Å²) >= 11 is 0. The van der Waals surface area contributed by atoms with Gasteiger partial charge in [-0.25, -0.2) is 4.79 Å². The molecule has 0 aromatic heterocycles. The molecule has 0 amide bonds. The van der Waals surface area contributed by atoms with Gasteiger partial charge < -0.3 is 14.2 Å². The van der Waals surface area contributed by atoms with E-state index in [4.69, 9.17) is 14.2 Å². The molecule has 0 unspecified atom stereocenters. The summed E-state index contributed by atoms with van der Waals surface area (Å²) in [5, 5.41) is 2.04. The predicted molar refractivity (Wildman–Crippen MR) is 114 cm³/mol. The maximum atomic E-state index is 12.3. The number of ether oxygens (including phenoxy) is 3. The van der Waals surface area contributed by atoms with Crippen molar-refractivity contribution in [1.29, 1.82) is 0 Å². The number of fused-ring (bicyclic) bond motifs is 1. The van der Waals surface area contributed by atoms with Crippen LogP contribution in [0, 0.1) is 11.8 Å². The zero-order chi connectivity index (χ0) is 21.3. The van der Waals surface area contributed by atoms with E-state index in [0.29, 0.717) is 0 Å². The Balaban J connectivity index is 1.48. The SMILES string of the molecule is COc1ccc2cc([C@H](C)C(=O)OCCOC(=O)C#Cc3ccccc3)ccc2c1. The highest BCUT2D eigenvalue weighted by molar-refractivity contribution is 5.89. The summed E-state index contributed by atoms with van der Waals surface area (Å²) in [7, 11) is 1.63. The number of benzene rings is 3. The van der Waals surface area contributed by atoms with Gasteiger partial charge in [-0.3, -0.25) is 4.79 Å². The lowest BCUT2D eigenvalue weighted by Crippen LogP contribution is -2.17. The fourth-order valence-electron chi connectivity index (χ4n) is 2.86. The van der Waals surface area contributed by atoms with Gasteiger partial charge in [0.15, 0.2) is 0 Å². The molecule has 3 rings (SSSR count). The van der Waals surface area contributed by atoms with E-state index in [1.807, 2.05) is 54.6 Å². The Morgan fingerprint density at radius 1 is 0.900 bits per heavy atom. The fraction of sp³-hybridized carbons (Fsp3) is 0.200. The molecular formula is C25H22O5.